The van der Waals surface area contributed by atoms with Crippen molar-refractivity contribution >= 4 is 42.7 Å². The van der Waals surface area contributed by atoms with Gasteiger partial charge in [-0.25, -0.2) is 18.4 Å². The van der Waals surface area contributed by atoms with Crippen molar-refractivity contribution in [1.29, 1.82) is 0 Å². The lowest BCUT2D eigenvalue weighted by molar-refractivity contribution is 0.122. The highest BCUT2D eigenvalue weighted by Crippen LogP contribution is 2.29. The van der Waals surface area contributed by atoms with Gasteiger partial charge in [0, 0.05) is 49.1 Å². The third-order valence-electron chi connectivity index (χ3n) is 6.56. The van der Waals surface area contributed by atoms with Crippen molar-refractivity contribution in [2.24, 2.45) is 0 Å². The predicted molar refractivity (Wildman–Crippen MR) is 135 cm³/mol. The Morgan fingerprint density at radius 3 is 2.29 bits per heavy atom. The first-order chi connectivity index (χ1) is 16.4. The topological polar surface area (TPSA) is 78.9 Å². The lowest BCUT2D eigenvalue weighted by Gasteiger charge is -2.37. The molecule has 1 aromatic heterocycles. The molecule has 0 saturated carbocycles. The van der Waals surface area contributed by atoms with Crippen LogP contribution in [0.2, 0.25) is 0 Å². The molecule has 0 aliphatic carbocycles. The Balaban J connectivity index is 1.35. The molecule has 2 aromatic carbocycles. The number of benzene rings is 2. The van der Waals surface area contributed by atoms with E-state index in [4.69, 9.17) is 14.7 Å². The molecule has 3 heterocycles. The fraction of sp³-hybridized carbons (Fsp3) is 0.417. The Hall–Kier alpha value is -2.11. The Labute approximate surface area is 208 Å². The second-order valence-corrected chi connectivity index (χ2v) is 11.4. The average molecular weight is 546 g/mol. The fourth-order valence-electron chi connectivity index (χ4n) is 4.53. The molecule has 1 atom stereocenters. The monoisotopic (exact) mass is 545 g/mol. The maximum absolute atomic E-state index is 13.1. The Bertz CT molecular complexity index is 1260. The van der Waals surface area contributed by atoms with Crippen molar-refractivity contribution in [3.8, 4) is 0 Å². The fourth-order valence-corrected chi connectivity index (χ4v) is 6.22. The van der Waals surface area contributed by atoms with Crippen LogP contribution in [0.15, 0.2) is 57.9 Å². The number of ether oxygens (including phenoxy) is 1. The molecule has 8 nitrogen and oxygen atoms in total. The van der Waals surface area contributed by atoms with Crippen molar-refractivity contribution < 1.29 is 13.2 Å². The molecule has 2 fully saturated rings. The number of nitrogens with zero attached hydrogens (tertiary/aromatic N) is 5. The molecule has 0 radical (unpaired) electrons. The normalized spacial score (nSPS) is 19.4. The Morgan fingerprint density at radius 2 is 1.59 bits per heavy atom. The zero-order valence-electron chi connectivity index (χ0n) is 19.1. The van der Waals surface area contributed by atoms with Gasteiger partial charge < -0.3 is 9.64 Å². The maximum Gasteiger partial charge on any atom is 0.243 e. The van der Waals surface area contributed by atoms with Gasteiger partial charge in [-0.15, -0.1) is 0 Å². The molecular formula is C24H28BrN5O3S. The second-order valence-electron chi connectivity index (χ2n) is 8.59. The van der Waals surface area contributed by atoms with E-state index >= 15 is 0 Å². The van der Waals surface area contributed by atoms with E-state index in [-0.39, 0.29) is 6.04 Å². The van der Waals surface area contributed by atoms with Gasteiger partial charge in [-0.05, 0) is 43.3 Å². The van der Waals surface area contributed by atoms with Crippen LogP contribution >= 0.6 is 15.9 Å². The van der Waals surface area contributed by atoms with Gasteiger partial charge in [-0.3, -0.25) is 4.90 Å². The van der Waals surface area contributed by atoms with Crippen LogP contribution in [0, 0.1) is 0 Å². The summed E-state index contributed by atoms with van der Waals surface area (Å²) < 4.78 is 34.1. The quantitative estimate of drug-likeness (QED) is 0.486. The van der Waals surface area contributed by atoms with Crippen LogP contribution in [0.3, 0.4) is 0 Å². The zero-order valence-corrected chi connectivity index (χ0v) is 21.5. The second kappa shape index (κ2) is 9.87. The summed E-state index contributed by atoms with van der Waals surface area (Å²) in [5.74, 6) is 1.72. The van der Waals surface area contributed by atoms with Crippen LogP contribution in [-0.4, -0.2) is 80.1 Å². The van der Waals surface area contributed by atoms with E-state index in [0.29, 0.717) is 44.3 Å². The molecule has 2 aliphatic rings. The summed E-state index contributed by atoms with van der Waals surface area (Å²) in [5.41, 5.74) is 0.928. The van der Waals surface area contributed by atoms with E-state index < -0.39 is 10.0 Å². The third kappa shape index (κ3) is 4.70. The number of sulfonamides is 1. The van der Waals surface area contributed by atoms with Crippen LogP contribution < -0.4 is 4.90 Å². The number of hydrogen-bond donors (Lipinski definition) is 0. The summed E-state index contributed by atoms with van der Waals surface area (Å²) in [4.78, 5) is 14.7. The number of para-hydroxylation sites is 1. The van der Waals surface area contributed by atoms with E-state index in [1.54, 1.807) is 28.6 Å². The highest BCUT2D eigenvalue weighted by atomic mass is 79.9. The molecule has 3 aromatic rings. The molecule has 180 valence electrons. The van der Waals surface area contributed by atoms with E-state index in [0.717, 1.165) is 40.1 Å². The van der Waals surface area contributed by atoms with Crippen LogP contribution in [0.1, 0.15) is 18.8 Å². The van der Waals surface area contributed by atoms with Crippen LogP contribution in [0.4, 0.5) is 5.82 Å². The first-order valence-corrected chi connectivity index (χ1v) is 13.8. The summed E-state index contributed by atoms with van der Waals surface area (Å²) >= 11 is 3.36. The number of rotatable bonds is 5. The molecule has 5 rings (SSSR count). The van der Waals surface area contributed by atoms with Gasteiger partial charge in [0.2, 0.25) is 10.0 Å². The molecule has 0 amide bonds. The lowest BCUT2D eigenvalue weighted by Crippen LogP contribution is -2.49. The van der Waals surface area contributed by atoms with E-state index in [1.165, 1.54) is 0 Å². The Morgan fingerprint density at radius 1 is 0.912 bits per heavy atom. The maximum atomic E-state index is 13.1. The zero-order chi connectivity index (χ0) is 23.7. The van der Waals surface area contributed by atoms with Crippen LogP contribution in [0.25, 0.3) is 10.9 Å². The molecule has 34 heavy (non-hydrogen) atoms. The minimum atomic E-state index is -3.51. The Kier molecular flexibility index (Phi) is 6.85. The van der Waals surface area contributed by atoms with Crippen molar-refractivity contribution in [3.63, 3.8) is 0 Å². The first-order valence-electron chi connectivity index (χ1n) is 11.5. The van der Waals surface area contributed by atoms with Gasteiger partial charge in [0.15, 0.2) is 0 Å². The van der Waals surface area contributed by atoms with Gasteiger partial charge in [0.25, 0.3) is 0 Å². The molecule has 2 saturated heterocycles. The van der Waals surface area contributed by atoms with Crippen molar-refractivity contribution in [3.05, 3.63) is 58.8 Å². The number of hydrogen-bond acceptors (Lipinski definition) is 7. The van der Waals surface area contributed by atoms with Crippen LogP contribution in [-0.2, 0) is 14.8 Å². The summed E-state index contributed by atoms with van der Waals surface area (Å²) in [7, 11) is -3.51. The van der Waals surface area contributed by atoms with Crippen molar-refractivity contribution in [2.45, 2.75) is 17.9 Å². The summed E-state index contributed by atoms with van der Waals surface area (Å²) in [6, 6.07) is 14.9. The number of aromatic nitrogens is 2. The molecule has 2 aliphatic heterocycles. The average Bonchev–Trinajstić information content (AvgIpc) is 2.88. The van der Waals surface area contributed by atoms with Crippen molar-refractivity contribution in [2.75, 3.05) is 57.4 Å². The van der Waals surface area contributed by atoms with E-state index in [1.807, 2.05) is 18.2 Å². The molecular weight excluding hydrogens is 518 g/mol. The van der Waals surface area contributed by atoms with Crippen LogP contribution in [0.5, 0.6) is 0 Å². The summed E-state index contributed by atoms with van der Waals surface area (Å²) in [6.07, 6.45) is 0. The SMILES string of the molecule is C[C@H](c1nc(N2CCOCC2)c2ccccc2n1)N1CCN(S(=O)(=O)c2ccc(Br)cc2)CC1. The van der Waals surface area contributed by atoms with E-state index in [9.17, 15) is 8.42 Å². The number of fused-ring (bicyclic) bond motifs is 1. The number of piperazine rings is 1. The largest absolute Gasteiger partial charge is 0.378 e. The predicted octanol–water partition coefficient (Wildman–Crippen LogP) is 3.30. The number of anilines is 1. The minimum Gasteiger partial charge on any atom is -0.378 e. The third-order valence-corrected chi connectivity index (χ3v) is 9.00. The number of halogens is 1. The molecule has 0 bridgehead atoms. The standard InChI is InChI=1S/C24H28BrN5O3S/c1-18(28-10-12-30(13-11-28)34(31,32)20-8-6-19(25)7-9-20)23-26-22-5-3-2-4-21(22)24(27-23)29-14-16-33-17-15-29/h2-9,18H,10-17H2,1H3/t18-/m1/s1. The number of morpholine rings is 1. The molecule has 0 spiro atoms. The van der Waals surface area contributed by atoms with Gasteiger partial charge >= 0.3 is 0 Å². The molecule has 10 heteroatoms. The highest BCUT2D eigenvalue weighted by molar-refractivity contribution is 9.10. The highest BCUT2D eigenvalue weighted by Gasteiger charge is 2.31. The summed E-state index contributed by atoms with van der Waals surface area (Å²) in [5, 5.41) is 1.05. The van der Waals surface area contributed by atoms with Crippen molar-refractivity contribution in [1.82, 2.24) is 19.2 Å². The van der Waals surface area contributed by atoms with Gasteiger partial charge in [0.05, 0.1) is 29.7 Å². The minimum absolute atomic E-state index is 0.0260. The molecule has 0 unspecified atom stereocenters. The van der Waals surface area contributed by atoms with Gasteiger partial charge in [-0.2, -0.15) is 4.31 Å². The van der Waals surface area contributed by atoms with Gasteiger partial charge in [-0.1, -0.05) is 28.1 Å². The smallest absolute Gasteiger partial charge is 0.243 e. The van der Waals surface area contributed by atoms with E-state index in [2.05, 4.69) is 38.7 Å². The molecule has 0 N–H and O–H groups in total. The lowest BCUT2D eigenvalue weighted by atomic mass is 10.1. The first kappa shape index (κ1) is 23.6. The summed E-state index contributed by atoms with van der Waals surface area (Å²) in [6.45, 7) is 7.23. The van der Waals surface area contributed by atoms with Gasteiger partial charge in [0.1, 0.15) is 11.6 Å².